The highest BCUT2D eigenvalue weighted by atomic mass is 127. The second kappa shape index (κ2) is 6.56. The van der Waals surface area contributed by atoms with Gasteiger partial charge in [-0.3, -0.25) is 0 Å². The van der Waals surface area contributed by atoms with E-state index in [2.05, 4.69) is 24.1 Å². The molecule has 0 bridgehead atoms. The highest BCUT2D eigenvalue weighted by Gasteiger charge is 2.16. The van der Waals surface area contributed by atoms with Crippen molar-refractivity contribution in [3.63, 3.8) is 0 Å². The summed E-state index contributed by atoms with van der Waals surface area (Å²) in [5.41, 5.74) is 7.18. The Labute approximate surface area is 122 Å². The van der Waals surface area contributed by atoms with Crippen LogP contribution in [0.3, 0.4) is 0 Å². The minimum Gasteiger partial charge on any atom is -0.397 e. The largest absolute Gasteiger partial charge is 0.397 e. The molecule has 5 heteroatoms. The van der Waals surface area contributed by atoms with E-state index in [-0.39, 0.29) is 11.9 Å². The first kappa shape index (κ1) is 15.5. The molecule has 18 heavy (non-hydrogen) atoms. The number of nitrogens with two attached hydrogens (primary N) is 1. The quantitative estimate of drug-likeness (QED) is 0.623. The summed E-state index contributed by atoms with van der Waals surface area (Å²) in [7, 11) is 4.05. The highest BCUT2D eigenvalue weighted by Crippen LogP contribution is 2.25. The zero-order valence-corrected chi connectivity index (χ0v) is 13.5. The standard InChI is InChI=1S/C13H21FIN3/c1-8(2)13(7-18(3)4)17-12-5-9(14)10(15)6-11(12)16/h5-6,8,13,17H,7,16H2,1-4H3. The Morgan fingerprint density at radius 1 is 1.39 bits per heavy atom. The van der Waals surface area contributed by atoms with Crippen LogP contribution in [-0.4, -0.2) is 31.6 Å². The van der Waals surface area contributed by atoms with Crippen LogP contribution in [0, 0.1) is 15.3 Å². The second-order valence-corrected chi connectivity index (χ2v) is 6.27. The molecule has 1 atom stereocenters. The van der Waals surface area contributed by atoms with Crippen LogP contribution in [0.15, 0.2) is 12.1 Å². The minimum absolute atomic E-state index is 0.236. The smallest absolute Gasteiger partial charge is 0.138 e. The summed E-state index contributed by atoms with van der Waals surface area (Å²) in [5, 5.41) is 3.34. The molecule has 0 aliphatic carbocycles. The lowest BCUT2D eigenvalue weighted by atomic mass is 10.0. The van der Waals surface area contributed by atoms with Crippen LogP contribution in [-0.2, 0) is 0 Å². The lowest BCUT2D eigenvalue weighted by Gasteiger charge is -2.27. The number of rotatable bonds is 5. The molecule has 3 nitrogen and oxygen atoms in total. The summed E-state index contributed by atoms with van der Waals surface area (Å²) in [6.07, 6.45) is 0. The summed E-state index contributed by atoms with van der Waals surface area (Å²) in [5.74, 6) is 0.203. The first-order chi connectivity index (χ1) is 8.31. The number of nitrogens with zero attached hydrogens (tertiary/aromatic N) is 1. The lowest BCUT2D eigenvalue weighted by molar-refractivity contribution is 0.344. The van der Waals surface area contributed by atoms with Crippen molar-refractivity contribution in [3.05, 3.63) is 21.5 Å². The van der Waals surface area contributed by atoms with Crippen molar-refractivity contribution < 1.29 is 4.39 Å². The molecule has 102 valence electrons. The van der Waals surface area contributed by atoms with Crippen molar-refractivity contribution in [3.8, 4) is 0 Å². The van der Waals surface area contributed by atoms with Crippen molar-refractivity contribution in [2.75, 3.05) is 31.7 Å². The van der Waals surface area contributed by atoms with Gasteiger partial charge in [-0.1, -0.05) is 13.8 Å². The van der Waals surface area contributed by atoms with Crippen LogP contribution in [0.25, 0.3) is 0 Å². The highest BCUT2D eigenvalue weighted by molar-refractivity contribution is 14.1. The van der Waals surface area contributed by atoms with Gasteiger partial charge in [-0.05, 0) is 48.7 Å². The maximum absolute atomic E-state index is 13.6. The molecule has 1 aromatic carbocycles. The van der Waals surface area contributed by atoms with Gasteiger partial charge in [0.15, 0.2) is 0 Å². The van der Waals surface area contributed by atoms with Crippen LogP contribution in [0.4, 0.5) is 15.8 Å². The molecule has 0 radical (unpaired) electrons. The second-order valence-electron chi connectivity index (χ2n) is 5.11. The zero-order valence-electron chi connectivity index (χ0n) is 11.3. The van der Waals surface area contributed by atoms with Gasteiger partial charge < -0.3 is 16.0 Å². The number of halogens is 2. The first-order valence-corrected chi connectivity index (χ1v) is 7.05. The average Bonchev–Trinajstić information content (AvgIpc) is 2.23. The molecule has 0 aromatic heterocycles. The van der Waals surface area contributed by atoms with Gasteiger partial charge in [-0.15, -0.1) is 0 Å². The molecule has 0 saturated heterocycles. The van der Waals surface area contributed by atoms with Gasteiger partial charge in [0.05, 0.1) is 14.9 Å². The molecular weight excluding hydrogens is 344 g/mol. The Bertz CT molecular complexity index is 407. The van der Waals surface area contributed by atoms with E-state index in [0.29, 0.717) is 20.9 Å². The molecule has 0 spiro atoms. The van der Waals surface area contributed by atoms with Crippen molar-refractivity contribution in [2.45, 2.75) is 19.9 Å². The molecule has 1 rings (SSSR count). The maximum atomic E-state index is 13.6. The van der Waals surface area contributed by atoms with Crippen LogP contribution in [0.1, 0.15) is 13.8 Å². The Balaban J connectivity index is 2.90. The van der Waals surface area contributed by atoms with Gasteiger partial charge in [0, 0.05) is 18.7 Å². The van der Waals surface area contributed by atoms with E-state index >= 15 is 0 Å². The molecule has 1 unspecified atom stereocenters. The van der Waals surface area contributed by atoms with Crippen LogP contribution >= 0.6 is 22.6 Å². The van der Waals surface area contributed by atoms with Crippen LogP contribution in [0.2, 0.25) is 0 Å². The number of hydrogen-bond donors (Lipinski definition) is 2. The monoisotopic (exact) mass is 365 g/mol. The molecule has 0 aliphatic heterocycles. The van der Waals surface area contributed by atoms with Crippen LogP contribution in [0.5, 0.6) is 0 Å². The van der Waals surface area contributed by atoms with E-state index in [0.717, 1.165) is 6.54 Å². The summed E-state index contributed by atoms with van der Waals surface area (Å²) in [6, 6.07) is 3.37. The Morgan fingerprint density at radius 2 is 2.00 bits per heavy atom. The third kappa shape index (κ3) is 4.28. The zero-order chi connectivity index (χ0) is 13.9. The predicted molar refractivity (Wildman–Crippen MR) is 84.3 cm³/mol. The predicted octanol–water partition coefficient (Wildman–Crippen LogP) is 3.01. The average molecular weight is 365 g/mol. The summed E-state index contributed by atoms with van der Waals surface area (Å²) in [4.78, 5) is 2.11. The third-order valence-corrected chi connectivity index (χ3v) is 3.63. The normalized spacial score (nSPS) is 13.1. The van der Waals surface area contributed by atoms with Gasteiger partial charge in [-0.2, -0.15) is 0 Å². The first-order valence-electron chi connectivity index (χ1n) is 5.97. The number of benzene rings is 1. The van der Waals surface area contributed by atoms with Crippen molar-refractivity contribution in [1.82, 2.24) is 4.90 Å². The van der Waals surface area contributed by atoms with E-state index in [1.807, 2.05) is 36.7 Å². The van der Waals surface area contributed by atoms with E-state index in [1.165, 1.54) is 6.07 Å². The Kier molecular flexibility index (Phi) is 5.65. The molecular formula is C13H21FIN3. The summed E-state index contributed by atoms with van der Waals surface area (Å²) < 4.78 is 14.1. The SMILES string of the molecule is CC(C)C(CN(C)C)Nc1cc(F)c(I)cc1N. The fraction of sp³-hybridized carbons (Fsp3) is 0.538. The fourth-order valence-electron chi connectivity index (χ4n) is 1.70. The van der Waals surface area contributed by atoms with Gasteiger partial charge in [0.25, 0.3) is 0 Å². The van der Waals surface area contributed by atoms with Gasteiger partial charge in [0.2, 0.25) is 0 Å². The minimum atomic E-state index is -0.236. The molecule has 1 aromatic rings. The fourth-order valence-corrected chi connectivity index (χ4v) is 2.19. The van der Waals surface area contributed by atoms with Crippen molar-refractivity contribution in [1.29, 1.82) is 0 Å². The number of likely N-dealkylation sites (N-methyl/N-ethyl adjacent to an activating group) is 1. The van der Waals surface area contributed by atoms with E-state index in [9.17, 15) is 4.39 Å². The molecule has 3 N–H and O–H groups in total. The Hall–Kier alpha value is -0.560. The third-order valence-electron chi connectivity index (χ3n) is 2.80. The molecule has 0 fully saturated rings. The molecule has 0 saturated carbocycles. The summed E-state index contributed by atoms with van der Waals surface area (Å²) in [6.45, 7) is 5.16. The van der Waals surface area contributed by atoms with E-state index in [4.69, 9.17) is 5.73 Å². The molecule has 0 heterocycles. The molecule has 0 amide bonds. The molecule has 0 aliphatic rings. The topological polar surface area (TPSA) is 41.3 Å². The van der Waals surface area contributed by atoms with Gasteiger partial charge in [-0.25, -0.2) is 4.39 Å². The van der Waals surface area contributed by atoms with E-state index in [1.54, 1.807) is 6.07 Å². The van der Waals surface area contributed by atoms with Crippen molar-refractivity contribution >= 4 is 34.0 Å². The number of nitrogens with one attached hydrogen (secondary N) is 1. The van der Waals surface area contributed by atoms with Crippen molar-refractivity contribution in [2.24, 2.45) is 5.92 Å². The number of hydrogen-bond acceptors (Lipinski definition) is 3. The maximum Gasteiger partial charge on any atom is 0.138 e. The lowest BCUT2D eigenvalue weighted by Crippen LogP contribution is -2.36. The number of anilines is 2. The van der Waals surface area contributed by atoms with Crippen LogP contribution < -0.4 is 11.1 Å². The van der Waals surface area contributed by atoms with Gasteiger partial charge >= 0.3 is 0 Å². The Morgan fingerprint density at radius 3 is 2.50 bits per heavy atom. The number of nitrogen functional groups attached to an aromatic ring is 1. The summed E-state index contributed by atoms with van der Waals surface area (Å²) >= 11 is 1.94. The van der Waals surface area contributed by atoms with E-state index < -0.39 is 0 Å². The van der Waals surface area contributed by atoms with Gasteiger partial charge in [0.1, 0.15) is 5.82 Å².